The highest BCUT2D eigenvalue weighted by Crippen LogP contribution is 2.51. The van der Waals surface area contributed by atoms with Gasteiger partial charge in [0, 0.05) is 15.3 Å². The van der Waals surface area contributed by atoms with E-state index in [1.807, 2.05) is 30.3 Å². The zero-order valence-electron chi connectivity index (χ0n) is 17.9. The molecule has 3 aromatic rings. The van der Waals surface area contributed by atoms with Crippen molar-refractivity contribution in [3.05, 3.63) is 82.2 Å². The van der Waals surface area contributed by atoms with Crippen LogP contribution in [0.25, 0.3) is 10.4 Å². The summed E-state index contributed by atoms with van der Waals surface area (Å²) in [5.41, 5.74) is 0.693. The van der Waals surface area contributed by atoms with Gasteiger partial charge in [-0.15, -0.1) is 11.3 Å². The van der Waals surface area contributed by atoms with Crippen molar-refractivity contribution in [2.24, 2.45) is 0 Å². The molecule has 0 aliphatic carbocycles. The van der Waals surface area contributed by atoms with Crippen LogP contribution in [0, 0.1) is 0 Å². The molecule has 2 aliphatic rings. The summed E-state index contributed by atoms with van der Waals surface area (Å²) in [6.07, 6.45) is -4.54. The monoisotopic (exact) mass is 488 g/mol. The normalized spacial score (nSPS) is 19.4. The Labute approximate surface area is 197 Å². The van der Waals surface area contributed by atoms with Crippen LogP contribution in [0.3, 0.4) is 0 Å². The Hall–Kier alpha value is -3.37. The molecule has 5 rings (SSSR count). The van der Waals surface area contributed by atoms with E-state index in [1.54, 1.807) is 6.07 Å². The molecular formula is C24H19F3N2O4S. The first kappa shape index (κ1) is 22.4. The van der Waals surface area contributed by atoms with Gasteiger partial charge in [-0.25, -0.2) is 9.59 Å². The van der Waals surface area contributed by atoms with Crippen molar-refractivity contribution in [3.63, 3.8) is 0 Å². The number of alkyl halides is 3. The predicted molar refractivity (Wildman–Crippen MR) is 117 cm³/mol. The molecule has 2 amide bonds. The van der Waals surface area contributed by atoms with E-state index in [0.717, 1.165) is 23.0 Å². The van der Waals surface area contributed by atoms with Gasteiger partial charge in [0.25, 0.3) is 0 Å². The summed E-state index contributed by atoms with van der Waals surface area (Å²) in [5.74, 6) is -0.657. The zero-order valence-corrected chi connectivity index (χ0v) is 18.7. The van der Waals surface area contributed by atoms with Gasteiger partial charge in [0.1, 0.15) is 12.6 Å². The third kappa shape index (κ3) is 3.72. The van der Waals surface area contributed by atoms with Gasteiger partial charge in [-0.2, -0.15) is 18.2 Å². The zero-order chi connectivity index (χ0) is 24.0. The molecule has 2 aromatic carbocycles. The summed E-state index contributed by atoms with van der Waals surface area (Å²) in [6.45, 7) is 0.292. The fraction of sp³-hybridized carbons (Fsp3) is 0.250. The Bertz CT molecular complexity index is 1240. The first-order valence-corrected chi connectivity index (χ1v) is 11.3. The van der Waals surface area contributed by atoms with Crippen molar-refractivity contribution in [2.75, 3.05) is 13.7 Å². The molecule has 1 unspecified atom stereocenters. The second-order valence-electron chi connectivity index (χ2n) is 7.93. The smallest absolute Gasteiger partial charge is 0.417 e. The fourth-order valence-electron chi connectivity index (χ4n) is 4.36. The van der Waals surface area contributed by atoms with E-state index in [0.29, 0.717) is 15.3 Å². The highest BCUT2D eigenvalue weighted by Gasteiger charge is 2.52. The van der Waals surface area contributed by atoms with Crippen LogP contribution in [-0.4, -0.2) is 35.6 Å². The number of amides is 2. The minimum atomic E-state index is -4.54. The number of urea groups is 1. The molecule has 0 radical (unpaired) electrons. The predicted octanol–water partition coefficient (Wildman–Crippen LogP) is 5.57. The van der Waals surface area contributed by atoms with Gasteiger partial charge in [0.2, 0.25) is 0 Å². The number of nitrogens with zero attached hydrogens (tertiary/aromatic N) is 2. The van der Waals surface area contributed by atoms with Crippen LogP contribution >= 0.6 is 11.3 Å². The number of carbonyl (C=O) groups excluding carboxylic acids is 2. The van der Waals surface area contributed by atoms with Gasteiger partial charge in [-0.1, -0.05) is 48.5 Å². The maximum absolute atomic E-state index is 13.7. The molecule has 6 nitrogen and oxygen atoms in total. The molecule has 1 fully saturated rings. The lowest BCUT2D eigenvalue weighted by molar-refractivity contribution is -0.146. The Morgan fingerprint density at radius 3 is 2.53 bits per heavy atom. The summed E-state index contributed by atoms with van der Waals surface area (Å²) in [7, 11) is 1.21. The Morgan fingerprint density at radius 1 is 1.12 bits per heavy atom. The number of fused-ring (bicyclic) bond motifs is 4. The minimum absolute atomic E-state index is 0.0203. The van der Waals surface area contributed by atoms with Crippen molar-refractivity contribution in [3.8, 4) is 10.4 Å². The SMILES string of the molecule is COC(=O)C1c2sc(-c3ccccc3C(F)(F)F)cc2[C@H]2CN1C(=O)N2OCc1ccccc1. The third-order valence-corrected chi connectivity index (χ3v) is 7.17. The maximum atomic E-state index is 13.7. The molecule has 2 atom stereocenters. The minimum Gasteiger partial charge on any atom is -0.467 e. The van der Waals surface area contributed by atoms with Crippen LogP contribution in [0.1, 0.15) is 33.7 Å². The van der Waals surface area contributed by atoms with Crippen molar-refractivity contribution >= 4 is 23.3 Å². The van der Waals surface area contributed by atoms with E-state index in [-0.39, 0.29) is 18.7 Å². The summed E-state index contributed by atoms with van der Waals surface area (Å²) in [4.78, 5) is 33.8. The number of halogens is 3. The number of benzene rings is 2. The molecule has 0 saturated carbocycles. The fourth-order valence-corrected chi connectivity index (χ4v) is 5.72. The van der Waals surface area contributed by atoms with E-state index < -0.39 is 35.8 Å². The summed E-state index contributed by atoms with van der Waals surface area (Å²) < 4.78 is 45.9. The number of hydroxylamine groups is 2. The van der Waals surface area contributed by atoms with Crippen molar-refractivity contribution in [1.82, 2.24) is 9.96 Å². The van der Waals surface area contributed by atoms with Gasteiger partial charge >= 0.3 is 18.2 Å². The van der Waals surface area contributed by atoms with Gasteiger partial charge in [-0.3, -0.25) is 4.84 Å². The second kappa shape index (κ2) is 8.44. The van der Waals surface area contributed by atoms with E-state index in [1.165, 1.54) is 35.3 Å². The molecule has 0 spiro atoms. The number of hydrogen-bond acceptors (Lipinski definition) is 5. The Balaban J connectivity index is 1.56. The number of ether oxygens (including phenoxy) is 1. The molecule has 176 valence electrons. The highest BCUT2D eigenvalue weighted by atomic mass is 32.1. The maximum Gasteiger partial charge on any atom is 0.417 e. The Morgan fingerprint density at radius 2 is 1.82 bits per heavy atom. The van der Waals surface area contributed by atoms with Crippen molar-refractivity contribution < 1.29 is 32.3 Å². The number of methoxy groups -OCH3 is 1. The number of hydrogen-bond donors (Lipinski definition) is 0. The van der Waals surface area contributed by atoms with Crippen LogP contribution in [0.15, 0.2) is 60.7 Å². The van der Waals surface area contributed by atoms with Crippen LogP contribution in [0.5, 0.6) is 0 Å². The average Bonchev–Trinajstić information content (AvgIpc) is 3.39. The summed E-state index contributed by atoms with van der Waals surface area (Å²) in [5, 5.41) is 1.21. The summed E-state index contributed by atoms with van der Waals surface area (Å²) >= 11 is 1.06. The molecule has 2 aliphatic heterocycles. The third-order valence-electron chi connectivity index (χ3n) is 5.93. The standard InChI is InChI=1S/C24H19F3N2O4S/c1-32-22(30)20-21-16(11-19(34-21)15-9-5-6-10-17(15)24(25,26)27)18-12-28(20)23(31)29(18)33-13-14-7-3-2-4-8-14/h2-11,18,20H,12-13H2,1H3/t18-,20?/m1/s1. The lowest BCUT2D eigenvalue weighted by Gasteiger charge is -2.28. The molecule has 10 heteroatoms. The lowest BCUT2D eigenvalue weighted by atomic mass is 9.97. The second-order valence-corrected chi connectivity index (χ2v) is 9.02. The van der Waals surface area contributed by atoms with Crippen LogP contribution < -0.4 is 0 Å². The van der Waals surface area contributed by atoms with Crippen LogP contribution in [0.4, 0.5) is 18.0 Å². The van der Waals surface area contributed by atoms with Gasteiger partial charge in [0.15, 0.2) is 6.04 Å². The van der Waals surface area contributed by atoms with E-state index in [2.05, 4.69) is 0 Å². The number of rotatable bonds is 5. The van der Waals surface area contributed by atoms with E-state index in [4.69, 9.17) is 9.57 Å². The molecule has 1 saturated heterocycles. The Kier molecular flexibility index (Phi) is 5.57. The molecule has 0 N–H and O–H groups in total. The molecule has 2 bridgehead atoms. The molecule has 3 heterocycles. The molecule has 34 heavy (non-hydrogen) atoms. The molecule has 1 aromatic heterocycles. The van der Waals surface area contributed by atoms with Crippen LogP contribution in [-0.2, 0) is 27.2 Å². The topological polar surface area (TPSA) is 59.1 Å². The largest absolute Gasteiger partial charge is 0.467 e. The van der Waals surface area contributed by atoms with E-state index in [9.17, 15) is 22.8 Å². The first-order chi connectivity index (χ1) is 16.3. The van der Waals surface area contributed by atoms with Gasteiger partial charge < -0.3 is 9.64 Å². The summed E-state index contributed by atoms with van der Waals surface area (Å²) in [6, 6.07) is 14.1. The van der Waals surface area contributed by atoms with E-state index >= 15 is 0 Å². The highest BCUT2D eigenvalue weighted by molar-refractivity contribution is 7.16. The average molecular weight is 488 g/mol. The van der Waals surface area contributed by atoms with Crippen LogP contribution in [0.2, 0.25) is 0 Å². The van der Waals surface area contributed by atoms with Gasteiger partial charge in [0.05, 0.1) is 19.2 Å². The number of carbonyl (C=O) groups is 2. The number of thiophene rings is 1. The first-order valence-electron chi connectivity index (χ1n) is 10.4. The number of esters is 1. The lowest BCUT2D eigenvalue weighted by Crippen LogP contribution is -2.38. The van der Waals surface area contributed by atoms with Gasteiger partial charge in [-0.05, 0) is 23.3 Å². The van der Waals surface area contributed by atoms with Crippen molar-refractivity contribution in [2.45, 2.75) is 24.9 Å². The van der Waals surface area contributed by atoms with Crippen molar-refractivity contribution in [1.29, 1.82) is 0 Å². The molecular weight excluding hydrogens is 469 g/mol. The quantitative estimate of drug-likeness (QED) is 0.441.